The molecule has 0 bridgehead atoms. The Morgan fingerprint density at radius 3 is 2.58 bits per heavy atom. The summed E-state index contributed by atoms with van der Waals surface area (Å²) in [4.78, 5) is 14.7. The fourth-order valence-electron chi connectivity index (χ4n) is 3.16. The van der Waals surface area contributed by atoms with Crippen molar-refractivity contribution in [2.24, 2.45) is 10.8 Å². The van der Waals surface area contributed by atoms with Crippen molar-refractivity contribution in [1.82, 2.24) is 15.5 Å². The van der Waals surface area contributed by atoms with Gasteiger partial charge in [0, 0.05) is 19.6 Å². The van der Waals surface area contributed by atoms with E-state index in [1.54, 1.807) is 0 Å². The Morgan fingerprint density at radius 2 is 2.11 bits per heavy atom. The molecule has 1 amide bonds. The molecule has 1 unspecified atom stereocenters. The summed E-state index contributed by atoms with van der Waals surface area (Å²) in [6, 6.07) is 0. The maximum Gasteiger partial charge on any atom is 0.227 e. The molecular formula is C15H31N3O. The average molecular weight is 269 g/mol. The van der Waals surface area contributed by atoms with Crippen LogP contribution in [0.25, 0.3) is 0 Å². The molecule has 112 valence electrons. The molecule has 2 N–H and O–H groups in total. The molecular weight excluding hydrogens is 238 g/mol. The Labute approximate surface area is 118 Å². The summed E-state index contributed by atoms with van der Waals surface area (Å²) in [7, 11) is 4.14. The van der Waals surface area contributed by atoms with Crippen LogP contribution in [-0.4, -0.2) is 51.1 Å². The molecule has 0 radical (unpaired) electrons. The number of nitrogens with one attached hydrogen (secondary N) is 2. The minimum absolute atomic E-state index is 0.110. The van der Waals surface area contributed by atoms with E-state index >= 15 is 0 Å². The van der Waals surface area contributed by atoms with Gasteiger partial charge in [-0.25, -0.2) is 0 Å². The van der Waals surface area contributed by atoms with Gasteiger partial charge in [0.1, 0.15) is 0 Å². The van der Waals surface area contributed by atoms with Crippen molar-refractivity contribution >= 4 is 5.91 Å². The van der Waals surface area contributed by atoms with Crippen LogP contribution in [0.4, 0.5) is 0 Å². The SMILES string of the molecule is CCCC1(C(=O)NCC(C)(C)CN(C)C)CCNC1. The van der Waals surface area contributed by atoms with Crippen LogP contribution in [0.2, 0.25) is 0 Å². The second kappa shape index (κ2) is 6.71. The van der Waals surface area contributed by atoms with E-state index in [4.69, 9.17) is 0 Å². The first-order valence-electron chi connectivity index (χ1n) is 7.45. The van der Waals surface area contributed by atoms with Gasteiger partial charge in [-0.2, -0.15) is 0 Å². The van der Waals surface area contributed by atoms with E-state index < -0.39 is 0 Å². The van der Waals surface area contributed by atoms with Crippen molar-refractivity contribution in [1.29, 1.82) is 0 Å². The lowest BCUT2D eigenvalue weighted by Gasteiger charge is -2.32. The van der Waals surface area contributed by atoms with Crippen LogP contribution in [0, 0.1) is 10.8 Å². The van der Waals surface area contributed by atoms with Gasteiger partial charge in [0.25, 0.3) is 0 Å². The molecule has 0 aromatic carbocycles. The van der Waals surface area contributed by atoms with Crippen LogP contribution in [0.1, 0.15) is 40.0 Å². The highest BCUT2D eigenvalue weighted by molar-refractivity contribution is 5.83. The Kier molecular flexibility index (Phi) is 5.81. The molecule has 1 fully saturated rings. The molecule has 0 saturated carbocycles. The van der Waals surface area contributed by atoms with Gasteiger partial charge in [0.15, 0.2) is 0 Å². The number of nitrogens with zero attached hydrogens (tertiary/aromatic N) is 1. The van der Waals surface area contributed by atoms with Crippen molar-refractivity contribution in [3.8, 4) is 0 Å². The smallest absolute Gasteiger partial charge is 0.227 e. The average Bonchev–Trinajstić information content (AvgIpc) is 2.74. The highest BCUT2D eigenvalue weighted by atomic mass is 16.2. The third-order valence-corrected chi connectivity index (χ3v) is 3.93. The summed E-state index contributed by atoms with van der Waals surface area (Å²) < 4.78 is 0. The number of hydrogen-bond acceptors (Lipinski definition) is 3. The maximum atomic E-state index is 12.5. The van der Waals surface area contributed by atoms with Gasteiger partial charge in [-0.1, -0.05) is 27.2 Å². The van der Waals surface area contributed by atoms with Gasteiger partial charge in [-0.3, -0.25) is 4.79 Å². The number of rotatable bonds is 7. The highest BCUT2D eigenvalue weighted by Gasteiger charge is 2.40. The fraction of sp³-hybridized carbons (Fsp3) is 0.933. The van der Waals surface area contributed by atoms with E-state index in [0.717, 1.165) is 45.4 Å². The van der Waals surface area contributed by atoms with Gasteiger partial charge in [0.05, 0.1) is 5.41 Å². The zero-order valence-electron chi connectivity index (χ0n) is 13.3. The third-order valence-electron chi connectivity index (χ3n) is 3.93. The summed E-state index contributed by atoms with van der Waals surface area (Å²) in [6.07, 6.45) is 3.02. The lowest BCUT2D eigenvalue weighted by Crippen LogP contribution is -2.47. The van der Waals surface area contributed by atoms with Crippen LogP contribution in [0.15, 0.2) is 0 Å². The fourth-order valence-corrected chi connectivity index (χ4v) is 3.16. The highest BCUT2D eigenvalue weighted by Crippen LogP contribution is 2.31. The van der Waals surface area contributed by atoms with E-state index in [0.29, 0.717) is 0 Å². The van der Waals surface area contributed by atoms with Crippen LogP contribution >= 0.6 is 0 Å². The van der Waals surface area contributed by atoms with Crippen LogP contribution < -0.4 is 10.6 Å². The van der Waals surface area contributed by atoms with E-state index in [2.05, 4.69) is 50.4 Å². The van der Waals surface area contributed by atoms with E-state index in [1.165, 1.54) is 0 Å². The summed E-state index contributed by atoms with van der Waals surface area (Å²) in [5, 5.41) is 6.53. The lowest BCUT2D eigenvalue weighted by atomic mass is 9.81. The van der Waals surface area contributed by atoms with E-state index in [9.17, 15) is 4.79 Å². The number of carbonyl (C=O) groups is 1. The normalized spacial score (nSPS) is 23.9. The molecule has 1 aliphatic heterocycles. The van der Waals surface area contributed by atoms with E-state index in [1.807, 2.05) is 0 Å². The Morgan fingerprint density at radius 1 is 1.42 bits per heavy atom. The molecule has 1 aliphatic rings. The summed E-state index contributed by atoms with van der Waals surface area (Å²) >= 11 is 0. The van der Waals surface area contributed by atoms with Crippen molar-refractivity contribution in [3.05, 3.63) is 0 Å². The Bertz CT molecular complexity index is 294. The van der Waals surface area contributed by atoms with E-state index in [-0.39, 0.29) is 16.7 Å². The molecule has 1 saturated heterocycles. The second-order valence-corrected chi connectivity index (χ2v) is 7.04. The predicted molar refractivity (Wildman–Crippen MR) is 80.2 cm³/mol. The first-order valence-corrected chi connectivity index (χ1v) is 7.45. The predicted octanol–water partition coefficient (Wildman–Crippen LogP) is 1.47. The van der Waals surface area contributed by atoms with Crippen molar-refractivity contribution in [2.75, 3.05) is 40.3 Å². The van der Waals surface area contributed by atoms with Gasteiger partial charge < -0.3 is 15.5 Å². The van der Waals surface area contributed by atoms with Crippen molar-refractivity contribution < 1.29 is 4.79 Å². The molecule has 0 aliphatic carbocycles. The topological polar surface area (TPSA) is 44.4 Å². The zero-order valence-corrected chi connectivity index (χ0v) is 13.3. The quantitative estimate of drug-likeness (QED) is 0.735. The van der Waals surface area contributed by atoms with Gasteiger partial charge >= 0.3 is 0 Å². The minimum Gasteiger partial charge on any atom is -0.355 e. The first-order chi connectivity index (χ1) is 8.81. The first kappa shape index (κ1) is 16.4. The largest absolute Gasteiger partial charge is 0.355 e. The third kappa shape index (κ3) is 4.77. The number of carbonyl (C=O) groups excluding carboxylic acids is 1. The number of amides is 1. The molecule has 4 heteroatoms. The summed E-state index contributed by atoms with van der Waals surface area (Å²) in [6.45, 7) is 10.1. The summed E-state index contributed by atoms with van der Waals surface area (Å²) in [5.41, 5.74) is -0.0540. The minimum atomic E-state index is -0.164. The molecule has 0 spiro atoms. The Hall–Kier alpha value is -0.610. The molecule has 0 aromatic rings. The van der Waals surface area contributed by atoms with Gasteiger partial charge in [0.2, 0.25) is 5.91 Å². The summed E-state index contributed by atoms with van der Waals surface area (Å²) in [5.74, 6) is 0.242. The second-order valence-electron chi connectivity index (χ2n) is 7.04. The van der Waals surface area contributed by atoms with Crippen molar-refractivity contribution in [2.45, 2.75) is 40.0 Å². The van der Waals surface area contributed by atoms with Crippen molar-refractivity contribution in [3.63, 3.8) is 0 Å². The van der Waals surface area contributed by atoms with Gasteiger partial charge in [-0.05, 0) is 38.9 Å². The number of hydrogen-bond donors (Lipinski definition) is 2. The molecule has 19 heavy (non-hydrogen) atoms. The van der Waals surface area contributed by atoms with Crippen LogP contribution in [0.5, 0.6) is 0 Å². The molecule has 1 atom stereocenters. The monoisotopic (exact) mass is 269 g/mol. The van der Waals surface area contributed by atoms with Gasteiger partial charge in [-0.15, -0.1) is 0 Å². The molecule has 1 rings (SSSR count). The lowest BCUT2D eigenvalue weighted by molar-refractivity contribution is -0.131. The van der Waals surface area contributed by atoms with Crippen LogP contribution in [0.3, 0.4) is 0 Å². The molecule has 0 aromatic heterocycles. The van der Waals surface area contributed by atoms with Crippen LogP contribution in [-0.2, 0) is 4.79 Å². The zero-order chi connectivity index (χ0) is 14.5. The molecule has 1 heterocycles. The standard InChI is InChI=1S/C15H31N3O/c1-6-7-15(8-9-16-11-15)13(19)17-10-14(2,3)12-18(4)5/h16H,6-12H2,1-5H3,(H,17,19). The maximum absolute atomic E-state index is 12.5. The Balaban J connectivity index is 2.53. The molecule has 4 nitrogen and oxygen atoms in total.